The van der Waals surface area contributed by atoms with Gasteiger partial charge < -0.3 is 10.4 Å². The van der Waals surface area contributed by atoms with E-state index in [-0.39, 0.29) is 0 Å². The van der Waals surface area contributed by atoms with Crippen LogP contribution in [0.5, 0.6) is 5.75 Å². The van der Waals surface area contributed by atoms with Crippen molar-refractivity contribution in [3.05, 3.63) is 29.6 Å². The lowest BCUT2D eigenvalue weighted by Gasteiger charge is -2.29. The average molecular weight is 337 g/mol. The summed E-state index contributed by atoms with van der Waals surface area (Å²) in [6, 6.07) is 1.75. The number of aromatic hydroxyl groups is 1. The molecule has 0 bridgehead atoms. The minimum absolute atomic E-state index is 0.367. The van der Waals surface area contributed by atoms with Crippen molar-refractivity contribution in [3.8, 4) is 5.75 Å². The molecule has 0 aliphatic rings. The monoisotopic (exact) mass is 337 g/mol. The van der Waals surface area contributed by atoms with Crippen LogP contribution in [0.2, 0.25) is 0 Å². The van der Waals surface area contributed by atoms with E-state index in [1.807, 2.05) is 0 Å². The van der Waals surface area contributed by atoms with E-state index in [0.717, 1.165) is 11.4 Å². The molecule has 0 aromatic heterocycles. The Balaban J connectivity index is 2.94. The molecule has 22 heavy (non-hydrogen) atoms. The number of phenols is 1. The van der Waals surface area contributed by atoms with Crippen LogP contribution in [0.1, 0.15) is 10.4 Å². The van der Waals surface area contributed by atoms with E-state index in [0.29, 0.717) is 12.1 Å². The van der Waals surface area contributed by atoms with Crippen LogP contribution in [-0.2, 0) is 0 Å². The highest BCUT2D eigenvalue weighted by molar-refractivity contribution is 5.94. The molecule has 2 N–H and O–H groups in total. The summed E-state index contributed by atoms with van der Waals surface area (Å²) in [5.41, 5.74) is -6.34. The second kappa shape index (κ2) is 5.61. The highest BCUT2D eigenvalue weighted by Crippen LogP contribution is 2.45. The molecule has 124 valence electrons. The molecule has 3 nitrogen and oxygen atoms in total. The molecule has 0 heterocycles. The van der Waals surface area contributed by atoms with Gasteiger partial charge in [-0.05, 0) is 18.2 Å². The Kier molecular flexibility index (Phi) is 4.59. The smallest absolute Gasteiger partial charge is 0.433 e. The van der Waals surface area contributed by atoms with Gasteiger partial charge in [-0.1, -0.05) is 0 Å². The zero-order valence-electron chi connectivity index (χ0n) is 10.3. The number of alkyl halides is 7. The molecular formula is C11H7F8NO2. The fourth-order valence-electron chi connectivity index (χ4n) is 1.31. The van der Waals surface area contributed by atoms with Gasteiger partial charge in [-0.2, -0.15) is 26.3 Å². The third kappa shape index (κ3) is 3.39. The van der Waals surface area contributed by atoms with Crippen LogP contribution in [0, 0.1) is 5.82 Å². The first kappa shape index (κ1) is 18.0. The third-order valence-corrected chi connectivity index (χ3v) is 2.60. The van der Waals surface area contributed by atoms with Crippen molar-refractivity contribution in [2.45, 2.75) is 18.0 Å². The SMILES string of the molecule is O=C(NCC(F)(C(F)(F)F)C(F)(F)F)c1ccc(O)c(F)c1. The molecule has 0 aliphatic heterocycles. The predicted molar refractivity (Wildman–Crippen MR) is 56.3 cm³/mol. The molecular weight excluding hydrogens is 330 g/mol. The van der Waals surface area contributed by atoms with Crippen LogP contribution in [-0.4, -0.2) is 35.6 Å². The first-order valence-electron chi connectivity index (χ1n) is 5.38. The maximum atomic E-state index is 13.2. The third-order valence-electron chi connectivity index (χ3n) is 2.60. The van der Waals surface area contributed by atoms with Gasteiger partial charge >= 0.3 is 18.0 Å². The van der Waals surface area contributed by atoms with E-state index in [1.165, 1.54) is 0 Å². The van der Waals surface area contributed by atoms with Gasteiger partial charge in [0.15, 0.2) is 11.6 Å². The minimum Gasteiger partial charge on any atom is -0.505 e. The van der Waals surface area contributed by atoms with Crippen molar-refractivity contribution in [3.63, 3.8) is 0 Å². The van der Waals surface area contributed by atoms with Gasteiger partial charge in [0.05, 0.1) is 6.54 Å². The molecule has 0 unspecified atom stereocenters. The Morgan fingerprint density at radius 1 is 1.05 bits per heavy atom. The van der Waals surface area contributed by atoms with Crippen molar-refractivity contribution < 1.29 is 45.0 Å². The molecule has 1 aromatic carbocycles. The fraction of sp³-hybridized carbons (Fsp3) is 0.364. The fourth-order valence-corrected chi connectivity index (χ4v) is 1.31. The standard InChI is InChI=1S/C11H7F8NO2/c12-6-3-5(1-2-7(6)21)8(22)20-4-9(13,10(14,15)16)11(17,18)19/h1-3,21H,4H2,(H,20,22). The van der Waals surface area contributed by atoms with Crippen molar-refractivity contribution in [2.75, 3.05) is 6.54 Å². The van der Waals surface area contributed by atoms with Crippen molar-refractivity contribution in [2.24, 2.45) is 0 Å². The minimum atomic E-state index is -6.31. The number of benzene rings is 1. The molecule has 0 atom stereocenters. The summed E-state index contributed by atoms with van der Waals surface area (Å²) in [7, 11) is 0. The highest BCUT2D eigenvalue weighted by atomic mass is 19.4. The molecule has 0 saturated carbocycles. The van der Waals surface area contributed by atoms with Gasteiger partial charge in [0.2, 0.25) is 0 Å². The molecule has 11 heteroatoms. The van der Waals surface area contributed by atoms with Crippen LogP contribution in [0.4, 0.5) is 35.1 Å². The summed E-state index contributed by atoms with van der Waals surface area (Å²) in [4.78, 5) is 11.3. The second-order valence-corrected chi connectivity index (χ2v) is 4.15. The Hall–Kier alpha value is -2.07. The lowest BCUT2D eigenvalue weighted by atomic mass is 10.0. The lowest BCUT2D eigenvalue weighted by Crippen LogP contribution is -2.59. The van der Waals surface area contributed by atoms with Crippen LogP contribution in [0.15, 0.2) is 18.2 Å². The normalized spacial score (nSPS) is 13.1. The molecule has 0 spiro atoms. The Morgan fingerprint density at radius 2 is 1.55 bits per heavy atom. The number of hydrogen-bond acceptors (Lipinski definition) is 2. The van der Waals surface area contributed by atoms with Gasteiger partial charge in [-0.3, -0.25) is 4.79 Å². The Morgan fingerprint density at radius 3 is 1.95 bits per heavy atom. The van der Waals surface area contributed by atoms with Crippen molar-refractivity contribution in [1.29, 1.82) is 0 Å². The van der Waals surface area contributed by atoms with Crippen LogP contribution < -0.4 is 5.32 Å². The van der Waals surface area contributed by atoms with Crippen LogP contribution >= 0.6 is 0 Å². The van der Waals surface area contributed by atoms with Gasteiger partial charge in [0, 0.05) is 5.56 Å². The summed E-state index contributed by atoms with van der Waals surface area (Å²) in [5.74, 6) is -3.79. The first-order valence-corrected chi connectivity index (χ1v) is 5.38. The molecule has 0 fully saturated rings. The second-order valence-electron chi connectivity index (χ2n) is 4.15. The molecule has 1 rings (SSSR count). The van der Waals surface area contributed by atoms with E-state index >= 15 is 0 Å². The number of carbonyl (C=O) groups is 1. The largest absolute Gasteiger partial charge is 0.505 e. The maximum Gasteiger partial charge on any atom is 0.433 e. The van der Waals surface area contributed by atoms with Crippen LogP contribution in [0.25, 0.3) is 0 Å². The maximum absolute atomic E-state index is 13.2. The zero-order valence-corrected chi connectivity index (χ0v) is 10.3. The molecule has 0 aliphatic carbocycles. The lowest BCUT2D eigenvalue weighted by molar-refractivity contribution is -0.338. The molecule has 0 radical (unpaired) electrons. The molecule has 1 aromatic rings. The first-order chi connectivity index (χ1) is 9.79. The summed E-state index contributed by atoms with van der Waals surface area (Å²) < 4.78 is 99.6. The number of carbonyl (C=O) groups excluding carboxylic acids is 1. The van der Waals surface area contributed by atoms with E-state index in [1.54, 1.807) is 0 Å². The average Bonchev–Trinajstić information content (AvgIpc) is 2.36. The topological polar surface area (TPSA) is 49.3 Å². The number of amides is 1. The molecule has 0 saturated heterocycles. The van der Waals surface area contributed by atoms with Gasteiger partial charge in [-0.25, -0.2) is 8.78 Å². The zero-order chi connectivity index (χ0) is 17.3. The van der Waals surface area contributed by atoms with E-state index in [9.17, 15) is 39.9 Å². The number of rotatable bonds is 3. The summed E-state index contributed by atoms with van der Waals surface area (Å²) in [6.07, 6.45) is -12.6. The van der Waals surface area contributed by atoms with Gasteiger partial charge in [0.1, 0.15) is 0 Å². The number of halogens is 8. The molecule has 1 amide bonds. The number of nitrogens with one attached hydrogen (secondary N) is 1. The van der Waals surface area contributed by atoms with Gasteiger partial charge in [0.25, 0.3) is 5.91 Å². The predicted octanol–water partition coefficient (Wildman–Crippen LogP) is 3.09. The van der Waals surface area contributed by atoms with E-state index < -0.39 is 47.6 Å². The Labute approximate surface area is 117 Å². The number of hydrogen-bond donors (Lipinski definition) is 2. The van der Waals surface area contributed by atoms with E-state index in [2.05, 4.69) is 0 Å². The van der Waals surface area contributed by atoms with Gasteiger partial charge in [-0.15, -0.1) is 0 Å². The van der Waals surface area contributed by atoms with E-state index in [4.69, 9.17) is 5.11 Å². The van der Waals surface area contributed by atoms with Crippen molar-refractivity contribution in [1.82, 2.24) is 5.32 Å². The summed E-state index contributed by atoms with van der Waals surface area (Å²) in [5, 5.41) is 9.93. The number of phenolic OH excluding ortho intramolecular Hbond substituents is 1. The Bertz CT molecular complexity index is 552. The summed E-state index contributed by atoms with van der Waals surface area (Å²) in [6.45, 7) is -2.43. The van der Waals surface area contributed by atoms with Crippen molar-refractivity contribution >= 4 is 5.91 Å². The van der Waals surface area contributed by atoms with Crippen LogP contribution in [0.3, 0.4) is 0 Å². The summed E-state index contributed by atoms with van der Waals surface area (Å²) >= 11 is 0. The highest BCUT2D eigenvalue weighted by Gasteiger charge is 2.72. The quantitative estimate of drug-likeness (QED) is 0.833.